The predicted octanol–water partition coefficient (Wildman–Crippen LogP) is 6.02. The van der Waals surface area contributed by atoms with Crippen molar-refractivity contribution in [2.75, 3.05) is 5.32 Å². The van der Waals surface area contributed by atoms with E-state index in [0.29, 0.717) is 33.3 Å². The van der Waals surface area contributed by atoms with Crippen LogP contribution in [-0.4, -0.2) is 10.9 Å². The summed E-state index contributed by atoms with van der Waals surface area (Å²) in [7, 11) is 0. The molecule has 1 amide bonds. The zero-order valence-corrected chi connectivity index (χ0v) is 15.7. The number of oxazole rings is 1. The van der Waals surface area contributed by atoms with Gasteiger partial charge in [0.15, 0.2) is 5.58 Å². The normalized spacial score (nSPS) is 10.9. The van der Waals surface area contributed by atoms with Crippen molar-refractivity contribution in [1.82, 2.24) is 4.98 Å². The number of aromatic nitrogens is 1. The lowest BCUT2D eigenvalue weighted by atomic mass is 10.1. The Hall–Kier alpha value is -3.11. The van der Waals surface area contributed by atoms with E-state index in [0.717, 1.165) is 11.1 Å². The van der Waals surface area contributed by atoms with E-state index >= 15 is 0 Å². The molecular weight excluding hydrogens is 360 g/mol. The van der Waals surface area contributed by atoms with E-state index in [9.17, 15) is 4.79 Å². The summed E-state index contributed by atoms with van der Waals surface area (Å²) in [5.41, 5.74) is 5.50. The van der Waals surface area contributed by atoms with Gasteiger partial charge in [-0.25, -0.2) is 4.98 Å². The molecule has 0 aliphatic rings. The Morgan fingerprint density at radius 2 is 1.70 bits per heavy atom. The van der Waals surface area contributed by atoms with E-state index in [1.807, 2.05) is 44.2 Å². The molecule has 27 heavy (non-hydrogen) atoms. The van der Waals surface area contributed by atoms with Gasteiger partial charge in [-0.3, -0.25) is 4.79 Å². The van der Waals surface area contributed by atoms with Crippen LogP contribution in [0.15, 0.2) is 65.1 Å². The van der Waals surface area contributed by atoms with Gasteiger partial charge in [0.25, 0.3) is 5.91 Å². The van der Waals surface area contributed by atoms with Crippen LogP contribution in [0.2, 0.25) is 5.02 Å². The Morgan fingerprint density at radius 1 is 0.963 bits per heavy atom. The SMILES string of the molecule is Cc1ccc(-c2nc3cc(NC(=O)c4ccc(C)cc4Cl)ccc3o2)cc1. The number of nitrogens with one attached hydrogen (secondary N) is 1. The highest BCUT2D eigenvalue weighted by molar-refractivity contribution is 6.34. The number of amides is 1. The highest BCUT2D eigenvalue weighted by Crippen LogP contribution is 2.27. The first-order valence-corrected chi connectivity index (χ1v) is 8.92. The van der Waals surface area contributed by atoms with Crippen LogP contribution in [0.5, 0.6) is 0 Å². The molecule has 4 nitrogen and oxygen atoms in total. The Balaban J connectivity index is 1.61. The molecule has 0 spiro atoms. The molecule has 0 atom stereocenters. The molecule has 0 unspecified atom stereocenters. The number of anilines is 1. The average molecular weight is 377 g/mol. The maximum absolute atomic E-state index is 12.5. The molecule has 134 valence electrons. The Kier molecular flexibility index (Phi) is 4.42. The number of halogens is 1. The number of carbonyl (C=O) groups is 1. The summed E-state index contributed by atoms with van der Waals surface area (Å²) in [5, 5.41) is 3.29. The van der Waals surface area contributed by atoms with Gasteiger partial charge in [-0.05, 0) is 61.9 Å². The van der Waals surface area contributed by atoms with Crippen molar-refractivity contribution in [3.05, 3.63) is 82.4 Å². The fourth-order valence-corrected chi connectivity index (χ4v) is 3.15. The van der Waals surface area contributed by atoms with Gasteiger partial charge in [0, 0.05) is 11.3 Å². The number of aryl methyl sites for hydroxylation is 2. The Bertz CT molecular complexity index is 1150. The van der Waals surface area contributed by atoms with Crippen molar-refractivity contribution in [2.45, 2.75) is 13.8 Å². The molecule has 0 bridgehead atoms. The van der Waals surface area contributed by atoms with Gasteiger partial charge >= 0.3 is 0 Å². The van der Waals surface area contributed by atoms with E-state index in [2.05, 4.69) is 10.3 Å². The number of rotatable bonds is 3. The van der Waals surface area contributed by atoms with Crippen LogP contribution in [0.25, 0.3) is 22.6 Å². The lowest BCUT2D eigenvalue weighted by Crippen LogP contribution is -2.12. The van der Waals surface area contributed by atoms with Gasteiger partial charge in [-0.2, -0.15) is 0 Å². The van der Waals surface area contributed by atoms with Crippen LogP contribution in [0.3, 0.4) is 0 Å². The van der Waals surface area contributed by atoms with Crippen molar-refractivity contribution in [1.29, 1.82) is 0 Å². The standard InChI is InChI=1S/C22H17ClN2O2/c1-13-3-6-15(7-4-13)22-25-19-12-16(8-10-20(19)27-22)24-21(26)17-9-5-14(2)11-18(17)23/h3-12H,1-2H3,(H,24,26). The van der Waals surface area contributed by atoms with Crippen LogP contribution in [0.4, 0.5) is 5.69 Å². The van der Waals surface area contributed by atoms with Crippen LogP contribution < -0.4 is 5.32 Å². The van der Waals surface area contributed by atoms with Crippen LogP contribution in [0, 0.1) is 13.8 Å². The van der Waals surface area contributed by atoms with Crippen LogP contribution in [-0.2, 0) is 0 Å². The Morgan fingerprint density at radius 3 is 2.44 bits per heavy atom. The monoisotopic (exact) mass is 376 g/mol. The topological polar surface area (TPSA) is 55.1 Å². The average Bonchev–Trinajstić information content (AvgIpc) is 3.05. The van der Waals surface area contributed by atoms with Gasteiger partial charge in [0.2, 0.25) is 5.89 Å². The fraction of sp³-hybridized carbons (Fsp3) is 0.0909. The highest BCUT2D eigenvalue weighted by Gasteiger charge is 2.13. The zero-order valence-electron chi connectivity index (χ0n) is 14.9. The van der Waals surface area contributed by atoms with E-state index in [4.69, 9.17) is 16.0 Å². The third kappa shape index (κ3) is 3.57. The van der Waals surface area contributed by atoms with E-state index in [-0.39, 0.29) is 5.91 Å². The summed E-state index contributed by atoms with van der Waals surface area (Å²) < 4.78 is 5.83. The molecule has 0 radical (unpaired) electrons. The maximum Gasteiger partial charge on any atom is 0.257 e. The first-order valence-electron chi connectivity index (χ1n) is 8.55. The molecule has 0 saturated carbocycles. The van der Waals surface area contributed by atoms with Gasteiger partial charge in [0.05, 0.1) is 10.6 Å². The fourth-order valence-electron chi connectivity index (χ4n) is 2.83. The van der Waals surface area contributed by atoms with Crippen LogP contribution >= 0.6 is 11.6 Å². The summed E-state index contributed by atoms with van der Waals surface area (Å²) in [5.74, 6) is 0.289. The lowest BCUT2D eigenvalue weighted by Gasteiger charge is -2.07. The van der Waals surface area contributed by atoms with Crippen molar-refractivity contribution in [2.24, 2.45) is 0 Å². The number of nitrogens with zero attached hydrogens (tertiary/aromatic N) is 1. The first-order chi connectivity index (χ1) is 13.0. The minimum absolute atomic E-state index is 0.262. The summed E-state index contributed by atoms with van der Waals surface area (Å²) in [6.45, 7) is 3.96. The molecule has 0 aliphatic carbocycles. The first kappa shape index (κ1) is 17.3. The molecule has 4 rings (SSSR count). The molecule has 5 heteroatoms. The van der Waals surface area contributed by atoms with Gasteiger partial charge in [-0.1, -0.05) is 35.4 Å². The third-order valence-corrected chi connectivity index (χ3v) is 4.63. The second kappa shape index (κ2) is 6.89. The smallest absolute Gasteiger partial charge is 0.257 e. The van der Waals surface area contributed by atoms with Gasteiger partial charge in [0.1, 0.15) is 5.52 Å². The van der Waals surface area contributed by atoms with Gasteiger partial charge in [-0.15, -0.1) is 0 Å². The second-order valence-corrected chi connectivity index (χ2v) is 6.91. The minimum Gasteiger partial charge on any atom is -0.436 e. The summed E-state index contributed by atoms with van der Waals surface area (Å²) in [4.78, 5) is 17.0. The van der Waals surface area contributed by atoms with Crippen molar-refractivity contribution in [3.8, 4) is 11.5 Å². The molecule has 3 aromatic carbocycles. The van der Waals surface area contributed by atoms with Gasteiger partial charge < -0.3 is 9.73 Å². The molecule has 1 aromatic heterocycles. The second-order valence-electron chi connectivity index (χ2n) is 6.50. The molecule has 1 N–H and O–H groups in total. The molecule has 4 aromatic rings. The van der Waals surface area contributed by atoms with Crippen molar-refractivity contribution >= 4 is 34.3 Å². The van der Waals surface area contributed by atoms with E-state index < -0.39 is 0 Å². The minimum atomic E-state index is -0.262. The third-order valence-electron chi connectivity index (χ3n) is 4.31. The summed E-state index contributed by atoms with van der Waals surface area (Å²) >= 11 is 6.18. The van der Waals surface area contributed by atoms with Crippen LogP contribution in [0.1, 0.15) is 21.5 Å². The van der Waals surface area contributed by atoms with Crippen molar-refractivity contribution < 1.29 is 9.21 Å². The zero-order chi connectivity index (χ0) is 19.0. The molecule has 0 aliphatic heterocycles. The summed E-state index contributed by atoms with van der Waals surface area (Å²) in [6, 6.07) is 18.7. The molecule has 0 fully saturated rings. The van der Waals surface area contributed by atoms with Crippen molar-refractivity contribution in [3.63, 3.8) is 0 Å². The molecular formula is C22H17ClN2O2. The molecule has 0 saturated heterocycles. The Labute approximate surface area is 161 Å². The highest BCUT2D eigenvalue weighted by atomic mass is 35.5. The summed E-state index contributed by atoms with van der Waals surface area (Å²) in [6.07, 6.45) is 0. The number of fused-ring (bicyclic) bond motifs is 1. The number of hydrogen-bond acceptors (Lipinski definition) is 3. The number of hydrogen-bond donors (Lipinski definition) is 1. The van der Waals surface area contributed by atoms with E-state index in [1.54, 1.807) is 30.3 Å². The largest absolute Gasteiger partial charge is 0.436 e. The predicted molar refractivity (Wildman–Crippen MR) is 108 cm³/mol. The molecule has 1 heterocycles. The quantitative estimate of drug-likeness (QED) is 0.475. The number of carbonyl (C=O) groups excluding carboxylic acids is 1. The number of benzene rings is 3. The lowest BCUT2D eigenvalue weighted by molar-refractivity contribution is 0.102. The maximum atomic E-state index is 12.5. The van der Waals surface area contributed by atoms with E-state index in [1.165, 1.54) is 5.56 Å².